The van der Waals surface area contributed by atoms with E-state index in [1.807, 2.05) is 37.3 Å². The van der Waals surface area contributed by atoms with Gasteiger partial charge >= 0.3 is 5.97 Å². The summed E-state index contributed by atoms with van der Waals surface area (Å²) < 4.78 is 0. The first-order valence-electron chi connectivity index (χ1n) is 8.10. The summed E-state index contributed by atoms with van der Waals surface area (Å²) in [5.74, 6) is 5.32. The summed E-state index contributed by atoms with van der Waals surface area (Å²) in [5.41, 5.74) is 10.0. The molecule has 0 atom stereocenters. The van der Waals surface area contributed by atoms with E-state index in [1.165, 1.54) is 6.08 Å². The maximum Gasteiger partial charge on any atom is 0.328 e. The van der Waals surface area contributed by atoms with Gasteiger partial charge < -0.3 is 10.8 Å². The van der Waals surface area contributed by atoms with Crippen molar-refractivity contribution in [1.29, 1.82) is 0 Å². The van der Waals surface area contributed by atoms with E-state index in [9.17, 15) is 4.79 Å². The Labute approximate surface area is 156 Å². The van der Waals surface area contributed by atoms with Gasteiger partial charge in [-0.3, -0.25) is 4.98 Å². The maximum atomic E-state index is 10.7. The second-order valence-corrected chi connectivity index (χ2v) is 5.68. The summed E-state index contributed by atoms with van der Waals surface area (Å²) in [7, 11) is 0. The summed E-state index contributed by atoms with van der Waals surface area (Å²) in [6.07, 6.45) is 5.97. The molecule has 132 valence electrons. The van der Waals surface area contributed by atoms with Crippen LogP contribution >= 0.6 is 0 Å². The van der Waals surface area contributed by atoms with Gasteiger partial charge in [-0.1, -0.05) is 30.0 Å². The Balaban J connectivity index is 2.10. The number of nitrogen functional groups attached to an aromatic ring is 1. The lowest BCUT2D eigenvalue weighted by atomic mass is 10.0. The van der Waals surface area contributed by atoms with Crippen molar-refractivity contribution < 1.29 is 9.90 Å². The van der Waals surface area contributed by atoms with E-state index in [-0.39, 0.29) is 5.95 Å². The number of hydrogen-bond donors (Lipinski definition) is 2. The Morgan fingerprint density at radius 1 is 1.19 bits per heavy atom. The molecule has 0 spiro atoms. The van der Waals surface area contributed by atoms with Crippen LogP contribution in [0.1, 0.15) is 22.4 Å². The molecule has 0 saturated heterocycles. The van der Waals surface area contributed by atoms with E-state index < -0.39 is 5.97 Å². The van der Waals surface area contributed by atoms with Crippen molar-refractivity contribution in [1.82, 2.24) is 15.0 Å². The van der Waals surface area contributed by atoms with E-state index in [4.69, 9.17) is 10.8 Å². The van der Waals surface area contributed by atoms with Crippen LogP contribution in [-0.4, -0.2) is 26.0 Å². The van der Waals surface area contributed by atoms with Crippen molar-refractivity contribution in [3.8, 4) is 23.1 Å². The van der Waals surface area contributed by atoms with Crippen molar-refractivity contribution in [2.45, 2.75) is 6.92 Å². The first-order valence-corrected chi connectivity index (χ1v) is 8.10. The molecule has 3 rings (SSSR count). The van der Waals surface area contributed by atoms with Crippen molar-refractivity contribution in [3.05, 3.63) is 77.3 Å². The number of aryl methyl sites for hydroxylation is 1. The molecule has 2 heterocycles. The Hall–Kier alpha value is -3.98. The fraction of sp³-hybridized carbons (Fsp3) is 0.0476. The molecule has 0 radical (unpaired) electrons. The van der Waals surface area contributed by atoms with E-state index >= 15 is 0 Å². The van der Waals surface area contributed by atoms with Crippen LogP contribution < -0.4 is 5.73 Å². The lowest BCUT2D eigenvalue weighted by Gasteiger charge is -2.08. The van der Waals surface area contributed by atoms with Crippen LogP contribution in [-0.2, 0) is 4.79 Å². The van der Waals surface area contributed by atoms with Gasteiger partial charge in [-0.05, 0) is 36.8 Å². The Morgan fingerprint density at radius 3 is 2.78 bits per heavy atom. The normalized spacial score (nSPS) is 10.4. The van der Waals surface area contributed by atoms with Crippen LogP contribution in [0.25, 0.3) is 17.3 Å². The van der Waals surface area contributed by atoms with E-state index in [2.05, 4.69) is 26.8 Å². The lowest BCUT2D eigenvalue weighted by Crippen LogP contribution is -2.03. The highest BCUT2D eigenvalue weighted by atomic mass is 16.4. The van der Waals surface area contributed by atoms with Crippen LogP contribution in [0.3, 0.4) is 0 Å². The predicted molar refractivity (Wildman–Crippen MR) is 104 cm³/mol. The first-order chi connectivity index (χ1) is 13.0. The molecule has 2 aromatic heterocycles. The molecular formula is C21H16N4O2. The maximum absolute atomic E-state index is 10.7. The Bertz CT molecular complexity index is 1080. The zero-order chi connectivity index (χ0) is 19.2. The van der Waals surface area contributed by atoms with Crippen LogP contribution in [0, 0.1) is 18.8 Å². The van der Waals surface area contributed by atoms with Crippen molar-refractivity contribution >= 4 is 18.0 Å². The number of nitrogens with two attached hydrogens (primary N) is 1. The molecule has 6 heteroatoms. The summed E-state index contributed by atoms with van der Waals surface area (Å²) in [5, 5.41) is 8.81. The van der Waals surface area contributed by atoms with Crippen molar-refractivity contribution in [2.24, 2.45) is 0 Å². The molecule has 3 aromatic rings. The molecular weight excluding hydrogens is 340 g/mol. The van der Waals surface area contributed by atoms with Gasteiger partial charge in [0.15, 0.2) is 0 Å². The lowest BCUT2D eigenvalue weighted by molar-refractivity contribution is -0.131. The van der Waals surface area contributed by atoms with Crippen LogP contribution in [0.15, 0.2) is 54.9 Å². The summed E-state index contributed by atoms with van der Waals surface area (Å²) in [6, 6.07) is 11.0. The third kappa shape index (κ3) is 4.55. The molecule has 0 amide bonds. The number of nitrogens with zero attached hydrogens (tertiary/aromatic N) is 3. The summed E-state index contributed by atoms with van der Waals surface area (Å²) >= 11 is 0. The second kappa shape index (κ2) is 7.93. The van der Waals surface area contributed by atoms with E-state index in [0.717, 1.165) is 22.8 Å². The number of carbonyl (C=O) groups is 1. The largest absolute Gasteiger partial charge is 0.478 e. The van der Waals surface area contributed by atoms with Crippen molar-refractivity contribution in [3.63, 3.8) is 0 Å². The predicted octanol–water partition coefficient (Wildman–Crippen LogP) is 2.93. The third-order valence-electron chi connectivity index (χ3n) is 3.68. The topological polar surface area (TPSA) is 102 Å². The highest BCUT2D eigenvalue weighted by Gasteiger charge is 2.11. The van der Waals surface area contributed by atoms with Gasteiger partial charge in [0.05, 0.1) is 17.0 Å². The fourth-order valence-electron chi connectivity index (χ4n) is 2.48. The molecule has 0 bridgehead atoms. The fourth-order valence-corrected chi connectivity index (χ4v) is 2.48. The zero-order valence-electron chi connectivity index (χ0n) is 14.5. The molecule has 6 nitrogen and oxygen atoms in total. The zero-order valence-corrected chi connectivity index (χ0v) is 14.5. The van der Waals surface area contributed by atoms with Gasteiger partial charge in [0.1, 0.15) is 0 Å². The summed E-state index contributed by atoms with van der Waals surface area (Å²) in [6.45, 7) is 1.82. The van der Waals surface area contributed by atoms with Gasteiger partial charge in [0, 0.05) is 29.6 Å². The quantitative estimate of drug-likeness (QED) is 0.553. The average molecular weight is 356 g/mol. The molecule has 0 aliphatic heterocycles. The van der Waals surface area contributed by atoms with Gasteiger partial charge in [-0.15, -0.1) is 0 Å². The molecule has 0 fully saturated rings. The van der Waals surface area contributed by atoms with Crippen LogP contribution in [0.2, 0.25) is 0 Å². The number of carboxylic acid groups (broad SMARTS) is 1. The van der Waals surface area contributed by atoms with Crippen LogP contribution in [0.4, 0.5) is 5.95 Å². The number of pyridine rings is 1. The first kappa shape index (κ1) is 17.8. The number of rotatable bonds is 3. The van der Waals surface area contributed by atoms with Gasteiger partial charge in [0.25, 0.3) is 0 Å². The average Bonchev–Trinajstić information content (AvgIpc) is 2.66. The smallest absolute Gasteiger partial charge is 0.328 e. The highest BCUT2D eigenvalue weighted by molar-refractivity contribution is 5.85. The number of anilines is 1. The highest BCUT2D eigenvalue weighted by Crippen LogP contribution is 2.25. The molecule has 0 saturated carbocycles. The minimum Gasteiger partial charge on any atom is -0.478 e. The van der Waals surface area contributed by atoms with Crippen LogP contribution in [0.5, 0.6) is 0 Å². The monoisotopic (exact) mass is 356 g/mol. The summed E-state index contributed by atoms with van der Waals surface area (Å²) in [4.78, 5) is 23.4. The van der Waals surface area contributed by atoms with E-state index in [1.54, 1.807) is 18.5 Å². The Morgan fingerprint density at radius 2 is 2.04 bits per heavy atom. The molecule has 0 aliphatic carbocycles. The number of benzene rings is 1. The second-order valence-electron chi connectivity index (χ2n) is 5.68. The minimum atomic E-state index is -1.01. The number of aromatic nitrogens is 3. The standard InChI is InChI=1S/C21H16N4O2/c1-14-18(9-7-16-5-3-11-23-13-16)20(25-21(22)24-14)17-6-2-4-15(12-17)8-10-19(26)27/h2-6,8,10-13H,1H3,(H,26,27)(H2,22,24,25). The number of aliphatic carboxylic acids is 1. The molecule has 0 unspecified atom stereocenters. The third-order valence-corrected chi connectivity index (χ3v) is 3.68. The molecule has 0 aliphatic rings. The van der Waals surface area contributed by atoms with Gasteiger partial charge in [0.2, 0.25) is 5.95 Å². The minimum absolute atomic E-state index is 0.154. The van der Waals surface area contributed by atoms with Crippen molar-refractivity contribution in [2.75, 3.05) is 5.73 Å². The van der Waals surface area contributed by atoms with E-state index in [0.29, 0.717) is 17.0 Å². The number of carboxylic acids is 1. The van der Waals surface area contributed by atoms with Gasteiger partial charge in [-0.2, -0.15) is 0 Å². The SMILES string of the molecule is Cc1nc(N)nc(-c2cccc(C=CC(=O)O)c2)c1C#Cc1cccnc1. The molecule has 27 heavy (non-hydrogen) atoms. The molecule has 3 N–H and O–H groups in total. The van der Waals surface area contributed by atoms with Gasteiger partial charge in [-0.25, -0.2) is 14.8 Å². The molecule has 1 aromatic carbocycles. The number of hydrogen-bond acceptors (Lipinski definition) is 5. The Kier molecular flexibility index (Phi) is 5.24.